The molecule has 0 aliphatic carbocycles. The van der Waals surface area contributed by atoms with E-state index in [-0.39, 0.29) is 13.2 Å². The van der Waals surface area contributed by atoms with Crippen LogP contribution in [-0.2, 0) is 26.5 Å². The van der Waals surface area contributed by atoms with Crippen LogP contribution in [0.2, 0.25) is 0 Å². The van der Waals surface area contributed by atoms with Crippen LogP contribution in [0.5, 0.6) is 5.75 Å². The highest BCUT2D eigenvalue weighted by Crippen LogP contribution is 2.43. The third-order valence-corrected chi connectivity index (χ3v) is 4.12. The molecule has 8 heteroatoms. The van der Waals surface area contributed by atoms with Gasteiger partial charge < -0.3 is 19.3 Å². The zero-order valence-electron chi connectivity index (χ0n) is 15.5. The molecule has 154 valence electrons. The summed E-state index contributed by atoms with van der Waals surface area (Å²) in [6, 6.07) is 12.7. The Balaban J connectivity index is 2.19. The lowest BCUT2D eigenvalue weighted by Crippen LogP contribution is -2.52. The van der Waals surface area contributed by atoms with E-state index in [0.717, 1.165) is 19.2 Å². The second-order valence-electron chi connectivity index (χ2n) is 5.92. The second kappa shape index (κ2) is 9.45. The Morgan fingerprint density at radius 2 is 1.76 bits per heavy atom. The summed E-state index contributed by atoms with van der Waals surface area (Å²) in [6.07, 6.45) is -1.18. The molecule has 1 N–H and O–H groups in total. The van der Waals surface area contributed by atoms with E-state index < -0.39 is 29.4 Å². The normalized spacial score (nSPS) is 14.3. The number of halogens is 3. The van der Waals surface area contributed by atoms with Crippen LogP contribution in [-0.4, -0.2) is 37.1 Å². The van der Waals surface area contributed by atoms with Gasteiger partial charge >= 0.3 is 12.1 Å². The number of terminal acetylenes is 1. The molecule has 0 fully saturated rings. The minimum absolute atomic E-state index is 0.152. The van der Waals surface area contributed by atoms with Gasteiger partial charge in [-0.1, -0.05) is 48.4 Å². The van der Waals surface area contributed by atoms with Crippen molar-refractivity contribution in [3.63, 3.8) is 0 Å². The van der Waals surface area contributed by atoms with Crippen molar-refractivity contribution in [3.05, 3.63) is 65.7 Å². The first kappa shape index (κ1) is 22.3. The van der Waals surface area contributed by atoms with E-state index in [1.807, 2.05) is 0 Å². The molecule has 0 radical (unpaired) electrons. The molecule has 2 aromatic carbocycles. The van der Waals surface area contributed by atoms with Crippen LogP contribution >= 0.6 is 0 Å². The van der Waals surface area contributed by atoms with Crippen molar-refractivity contribution in [1.82, 2.24) is 0 Å². The summed E-state index contributed by atoms with van der Waals surface area (Å²) in [4.78, 5) is 12.6. The highest BCUT2D eigenvalue weighted by atomic mass is 19.4. The largest absolute Gasteiger partial charge is 0.489 e. The summed E-state index contributed by atoms with van der Waals surface area (Å²) in [5, 5.41) is 9.01. The van der Waals surface area contributed by atoms with Crippen molar-refractivity contribution >= 4 is 5.97 Å². The SMILES string of the molecule is C#C[C@H](COc1ccc(CO)cc1)OC(=O)[C@](OC)(c1ccccc1)C(F)(F)F. The predicted octanol–water partition coefficient (Wildman–Crippen LogP) is 3.21. The first-order valence-electron chi connectivity index (χ1n) is 8.45. The summed E-state index contributed by atoms with van der Waals surface area (Å²) in [5.41, 5.74) is -3.11. The van der Waals surface area contributed by atoms with Gasteiger partial charge in [0.2, 0.25) is 0 Å². The van der Waals surface area contributed by atoms with Crippen LogP contribution in [0.15, 0.2) is 54.6 Å². The number of aliphatic hydroxyl groups excluding tert-OH is 1. The van der Waals surface area contributed by atoms with Gasteiger partial charge in [0, 0.05) is 12.7 Å². The van der Waals surface area contributed by atoms with Gasteiger partial charge in [-0.2, -0.15) is 13.2 Å². The first-order valence-corrected chi connectivity index (χ1v) is 8.45. The Labute approximate surface area is 166 Å². The van der Waals surface area contributed by atoms with Crippen molar-refractivity contribution in [2.45, 2.75) is 24.5 Å². The molecule has 2 atom stereocenters. The maximum Gasteiger partial charge on any atom is 0.432 e. The Morgan fingerprint density at radius 3 is 2.24 bits per heavy atom. The number of hydrogen-bond acceptors (Lipinski definition) is 5. The first-order chi connectivity index (χ1) is 13.8. The maximum absolute atomic E-state index is 13.9. The average molecular weight is 408 g/mol. The Kier molecular flexibility index (Phi) is 7.26. The van der Waals surface area contributed by atoms with Crippen LogP contribution in [0.25, 0.3) is 0 Å². The summed E-state index contributed by atoms with van der Waals surface area (Å²) in [6.45, 7) is -0.520. The molecular weight excluding hydrogens is 389 g/mol. The highest BCUT2D eigenvalue weighted by Gasteiger charge is 2.64. The quantitative estimate of drug-likeness (QED) is 0.537. The van der Waals surface area contributed by atoms with Crippen LogP contribution in [0, 0.1) is 12.3 Å². The fraction of sp³-hybridized carbons (Fsp3) is 0.286. The van der Waals surface area contributed by atoms with Crippen LogP contribution in [0.3, 0.4) is 0 Å². The number of hydrogen-bond donors (Lipinski definition) is 1. The van der Waals surface area contributed by atoms with Gasteiger partial charge in [0.1, 0.15) is 12.4 Å². The zero-order chi connectivity index (χ0) is 21.5. The van der Waals surface area contributed by atoms with Crippen LogP contribution in [0.1, 0.15) is 11.1 Å². The third-order valence-electron chi connectivity index (χ3n) is 4.12. The smallest absolute Gasteiger partial charge is 0.432 e. The number of methoxy groups -OCH3 is 1. The van der Waals surface area contributed by atoms with Crippen LogP contribution < -0.4 is 4.74 Å². The van der Waals surface area contributed by atoms with E-state index in [4.69, 9.17) is 21.0 Å². The lowest BCUT2D eigenvalue weighted by molar-refractivity contribution is -0.277. The van der Waals surface area contributed by atoms with E-state index in [2.05, 4.69) is 10.7 Å². The molecule has 0 amide bonds. The summed E-state index contributed by atoms with van der Waals surface area (Å²) in [5.74, 6) is 0.743. The molecule has 0 spiro atoms. The molecule has 2 rings (SSSR count). The Bertz CT molecular complexity index is 843. The van der Waals surface area contributed by atoms with Crippen molar-refractivity contribution in [2.75, 3.05) is 13.7 Å². The predicted molar refractivity (Wildman–Crippen MR) is 97.8 cm³/mol. The van der Waals surface area contributed by atoms with E-state index in [0.29, 0.717) is 11.3 Å². The van der Waals surface area contributed by atoms with Gasteiger partial charge in [-0.25, -0.2) is 4.79 Å². The number of esters is 1. The van der Waals surface area contributed by atoms with Gasteiger partial charge in [-0.05, 0) is 17.7 Å². The average Bonchev–Trinajstić information content (AvgIpc) is 2.72. The molecule has 0 saturated carbocycles. The molecular formula is C21H19F3O5. The lowest BCUT2D eigenvalue weighted by atomic mass is 9.92. The second-order valence-corrected chi connectivity index (χ2v) is 5.92. The maximum atomic E-state index is 13.9. The third kappa shape index (κ3) is 4.88. The number of carbonyl (C=O) groups is 1. The summed E-state index contributed by atoms with van der Waals surface area (Å²) >= 11 is 0. The molecule has 0 aliphatic heterocycles. The molecule has 0 unspecified atom stereocenters. The van der Waals surface area contributed by atoms with E-state index in [9.17, 15) is 18.0 Å². The highest BCUT2D eigenvalue weighted by molar-refractivity contribution is 5.83. The van der Waals surface area contributed by atoms with Crippen molar-refractivity contribution in [1.29, 1.82) is 0 Å². The summed E-state index contributed by atoms with van der Waals surface area (Å²) < 4.78 is 56.5. The number of carbonyl (C=O) groups excluding carboxylic acids is 1. The molecule has 0 aliphatic rings. The molecule has 5 nitrogen and oxygen atoms in total. The van der Waals surface area contributed by atoms with Gasteiger partial charge in [0.25, 0.3) is 5.60 Å². The molecule has 2 aromatic rings. The van der Waals surface area contributed by atoms with E-state index in [1.165, 1.54) is 18.2 Å². The fourth-order valence-electron chi connectivity index (χ4n) is 2.58. The minimum atomic E-state index is -5.10. The molecule has 0 saturated heterocycles. The number of alkyl halides is 3. The van der Waals surface area contributed by atoms with Gasteiger partial charge in [0.05, 0.1) is 6.61 Å². The lowest BCUT2D eigenvalue weighted by Gasteiger charge is -2.33. The van der Waals surface area contributed by atoms with Crippen LogP contribution in [0.4, 0.5) is 13.2 Å². The monoisotopic (exact) mass is 408 g/mol. The number of rotatable bonds is 8. The van der Waals surface area contributed by atoms with Crippen molar-refractivity contribution in [2.24, 2.45) is 0 Å². The van der Waals surface area contributed by atoms with E-state index in [1.54, 1.807) is 24.3 Å². The van der Waals surface area contributed by atoms with Gasteiger partial charge in [-0.15, -0.1) is 6.42 Å². The zero-order valence-corrected chi connectivity index (χ0v) is 15.5. The van der Waals surface area contributed by atoms with E-state index >= 15 is 0 Å². The summed E-state index contributed by atoms with van der Waals surface area (Å²) in [7, 11) is 0.770. The van der Waals surface area contributed by atoms with Gasteiger partial charge in [-0.3, -0.25) is 0 Å². The molecule has 29 heavy (non-hydrogen) atoms. The van der Waals surface area contributed by atoms with Gasteiger partial charge in [0.15, 0.2) is 6.10 Å². The molecule has 0 bridgehead atoms. The molecule has 0 aromatic heterocycles. The topological polar surface area (TPSA) is 65.0 Å². The Hall–Kier alpha value is -3.02. The van der Waals surface area contributed by atoms with Crippen molar-refractivity contribution < 1.29 is 37.3 Å². The minimum Gasteiger partial charge on any atom is -0.489 e. The number of benzene rings is 2. The van der Waals surface area contributed by atoms with Crippen molar-refractivity contribution in [3.8, 4) is 18.1 Å². The number of aliphatic hydroxyl groups is 1. The molecule has 0 heterocycles. The standard InChI is InChI=1S/C21H19F3O5/c1-3-17(14-28-18-11-9-15(13-25)10-12-18)29-19(26)20(27-2,21(22,23)24)16-7-5-4-6-8-16/h1,4-12,17,25H,13-14H2,2H3/t17-,20-/m1/s1. The number of ether oxygens (including phenoxy) is 3. The Morgan fingerprint density at radius 1 is 1.14 bits per heavy atom. The fourth-order valence-corrected chi connectivity index (χ4v) is 2.58.